The van der Waals surface area contributed by atoms with Gasteiger partial charge in [-0.1, -0.05) is 11.3 Å². The third-order valence-corrected chi connectivity index (χ3v) is 8.19. The van der Waals surface area contributed by atoms with Crippen LogP contribution in [0.4, 0.5) is 0 Å². The maximum Gasteiger partial charge on any atom is 0.320 e. The molecule has 0 spiro atoms. The third-order valence-electron chi connectivity index (χ3n) is 1.23. The van der Waals surface area contributed by atoms with Crippen molar-refractivity contribution in [1.82, 2.24) is 0 Å². The standard InChI is InChI=1S/C4H7NO6P2S2/c6-12(7,8)4(13(9,10)11)15-3-5-1-2-14-3/h1-2,4H,(H2,6,7,8)(H2,9,10,11)/p+1. The summed E-state index contributed by atoms with van der Waals surface area (Å²) in [6.45, 7) is 0. The molecule has 0 aromatic carbocycles. The van der Waals surface area contributed by atoms with E-state index in [0.29, 0.717) is 16.1 Å². The second-order valence-electron chi connectivity index (χ2n) is 2.47. The van der Waals surface area contributed by atoms with Gasteiger partial charge in [0.25, 0.3) is 15.9 Å². The lowest BCUT2D eigenvalue weighted by Gasteiger charge is -2.27. The molecule has 0 unspecified atom stereocenters. The summed E-state index contributed by atoms with van der Waals surface area (Å²) in [5, 5.41) is 1.60. The van der Waals surface area contributed by atoms with Crippen LogP contribution in [0.25, 0.3) is 0 Å². The molecule has 11 heteroatoms. The predicted octanol–water partition coefficient (Wildman–Crippen LogP) is -1.85. The zero-order valence-corrected chi connectivity index (χ0v) is 10.5. The SMILES string of the molecule is [O-][P+](O)(O)C(Sc1[nH+]ccs1)[P+]([O-])(O)O. The fourth-order valence-corrected chi connectivity index (χ4v) is 5.85. The van der Waals surface area contributed by atoms with E-state index in [0.717, 1.165) is 11.3 Å². The normalized spacial score (nSPS) is 13.5. The summed E-state index contributed by atoms with van der Waals surface area (Å²) in [6.07, 6.45) is 1.50. The molecule has 1 aromatic heterocycles. The number of aromatic amines is 1. The summed E-state index contributed by atoms with van der Waals surface area (Å²) < 4.78 is -1.73. The van der Waals surface area contributed by atoms with Gasteiger partial charge in [-0.3, -0.25) is 0 Å². The van der Waals surface area contributed by atoms with E-state index in [-0.39, 0.29) is 0 Å². The Hall–Kier alpha value is 0.600. The molecule has 1 aromatic rings. The smallest absolute Gasteiger partial charge is 0.320 e. The van der Waals surface area contributed by atoms with Crippen LogP contribution >= 0.6 is 39.0 Å². The first-order chi connectivity index (χ1) is 6.71. The highest BCUT2D eigenvalue weighted by molar-refractivity contribution is 8.14. The van der Waals surface area contributed by atoms with Gasteiger partial charge in [0.15, 0.2) is 6.20 Å². The van der Waals surface area contributed by atoms with Crippen molar-refractivity contribution < 1.29 is 34.3 Å². The van der Waals surface area contributed by atoms with Crippen LogP contribution in [0.3, 0.4) is 0 Å². The van der Waals surface area contributed by atoms with Gasteiger partial charge in [-0.15, -0.1) is 0 Å². The Bertz CT molecular complexity index is 294. The van der Waals surface area contributed by atoms with Crippen LogP contribution in [0.1, 0.15) is 0 Å². The van der Waals surface area contributed by atoms with E-state index in [2.05, 4.69) is 4.98 Å². The largest absolute Gasteiger partial charge is 0.628 e. The maximum absolute atomic E-state index is 10.9. The molecule has 0 atom stereocenters. The Labute approximate surface area is 94.2 Å². The topological polar surface area (TPSA) is 141 Å². The summed E-state index contributed by atoms with van der Waals surface area (Å²) in [5.74, 6) is 0. The second kappa shape index (κ2) is 4.85. The zero-order valence-electron chi connectivity index (χ0n) is 7.05. The van der Waals surface area contributed by atoms with Crippen LogP contribution in [-0.4, -0.2) is 24.3 Å². The number of hydrogen-bond donors (Lipinski definition) is 4. The molecule has 1 rings (SSSR count). The van der Waals surface area contributed by atoms with Gasteiger partial charge in [-0.25, -0.2) is 19.6 Å². The van der Waals surface area contributed by atoms with E-state index in [1.54, 1.807) is 5.38 Å². The minimum absolute atomic E-state index is 0.326. The fraction of sp³-hybridized carbons (Fsp3) is 0.250. The molecule has 0 saturated heterocycles. The monoisotopic (exact) mass is 292 g/mol. The lowest BCUT2D eigenvalue weighted by atomic mass is 11.0. The van der Waals surface area contributed by atoms with Crippen LogP contribution in [0.15, 0.2) is 15.9 Å². The van der Waals surface area contributed by atoms with E-state index in [9.17, 15) is 9.79 Å². The minimum atomic E-state index is -4.85. The van der Waals surface area contributed by atoms with Crippen LogP contribution in [0.2, 0.25) is 0 Å². The molecular formula is C4H8NO6P2S2+. The molecule has 5 N–H and O–H groups in total. The summed E-state index contributed by atoms with van der Waals surface area (Å²) in [5.41, 5.74) is 0. The van der Waals surface area contributed by atoms with Crippen LogP contribution in [-0.2, 0) is 0 Å². The van der Waals surface area contributed by atoms with Gasteiger partial charge in [-0.2, -0.15) is 4.98 Å². The van der Waals surface area contributed by atoms with Crippen molar-refractivity contribution in [2.45, 2.75) is 9.07 Å². The average molecular weight is 292 g/mol. The van der Waals surface area contributed by atoms with Gasteiger partial charge in [0, 0.05) is 0 Å². The molecule has 0 bridgehead atoms. The van der Waals surface area contributed by atoms with Crippen molar-refractivity contribution in [2.24, 2.45) is 0 Å². The van der Waals surface area contributed by atoms with Gasteiger partial charge >= 0.3 is 9.07 Å². The van der Waals surface area contributed by atoms with Crippen molar-refractivity contribution in [1.29, 1.82) is 0 Å². The highest BCUT2D eigenvalue weighted by atomic mass is 32.2. The van der Waals surface area contributed by atoms with Gasteiger partial charge in [0.05, 0.1) is 17.1 Å². The first kappa shape index (κ1) is 13.7. The first-order valence-electron chi connectivity index (χ1n) is 3.43. The van der Waals surface area contributed by atoms with E-state index in [1.807, 2.05) is 0 Å². The van der Waals surface area contributed by atoms with Gasteiger partial charge < -0.3 is 9.79 Å². The Kier molecular flexibility index (Phi) is 4.42. The van der Waals surface area contributed by atoms with Gasteiger partial charge in [0.1, 0.15) is 0 Å². The Morgan fingerprint density at radius 1 is 1.27 bits per heavy atom. The van der Waals surface area contributed by atoms with Crippen molar-refractivity contribution >= 4 is 39.0 Å². The molecule has 0 aliphatic carbocycles. The molecule has 1 heterocycles. The fourth-order valence-electron chi connectivity index (χ4n) is 0.723. The summed E-state index contributed by atoms with van der Waals surface area (Å²) >= 11 is 1.55. The summed E-state index contributed by atoms with van der Waals surface area (Å²) in [4.78, 5) is 59.6. The van der Waals surface area contributed by atoms with Gasteiger partial charge in [0.2, 0.25) is 0 Å². The molecule has 0 aliphatic heterocycles. The predicted molar refractivity (Wildman–Crippen MR) is 53.2 cm³/mol. The third kappa shape index (κ3) is 4.16. The molecule has 0 radical (unpaired) electrons. The molecule has 0 saturated carbocycles. The highest BCUT2D eigenvalue weighted by Crippen LogP contribution is 2.69. The molecule has 0 fully saturated rings. The Morgan fingerprint density at radius 3 is 2.13 bits per heavy atom. The number of H-pyrrole nitrogens is 1. The molecule has 7 nitrogen and oxygen atoms in total. The summed E-state index contributed by atoms with van der Waals surface area (Å²) in [7, 11) is -9.70. The van der Waals surface area contributed by atoms with Crippen LogP contribution < -0.4 is 14.8 Å². The number of thioether (sulfide) groups is 1. The van der Waals surface area contributed by atoms with E-state index in [4.69, 9.17) is 19.6 Å². The maximum atomic E-state index is 10.9. The van der Waals surface area contributed by atoms with Crippen molar-refractivity contribution in [2.75, 3.05) is 0 Å². The lowest BCUT2D eigenvalue weighted by Crippen LogP contribution is -2.28. The van der Waals surface area contributed by atoms with Crippen molar-refractivity contribution in [3.05, 3.63) is 11.6 Å². The van der Waals surface area contributed by atoms with Gasteiger partial charge in [-0.05, 0) is 0 Å². The number of nitrogens with one attached hydrogen (secondary N) is 1. The summed E-state index contributed by atoms with van der Waals surface area (Å²) in [6, 6.07) is 0. The second-order valence-corrected chi connectivity index (χ2v) is 9.26. The molecule has 0 aliphatic rings. The average Bonchev–Trinajstić information content (AvgIpc) is 2.46. The number of hydrogen-bond acceptors (Lipinski definition) is 8. The van der Waals surface area contributed by atoms with Crippen LogP contribution in [0.5, 0.6) is 0 Å². The minimum Gasteiger partial charge on any atom is -0.628 e. The quantitative estimate of drug-likeness (QED) is 0.377. The van der Waals surface area contributed by atoms with Crippen LogP contribution in [0, 0.1) is 0 Å². The molecule has 86 valence electrons. The number of aromatic nitrogens is 1. The highest BCUT2D eigenvalue weighted by Gasteiger charge is 2.53. The van der Waals surface area contributed by atoms with E-state index >= 15 is 0 Å². The van der Waals surface area contributed by atoms with E-state index in [1.165, 1.54) is 6.20 Å². The Morgan fingerprint density at radius 2 is 1.80 bits per heavy atom. The van der Waals surface area contributed by atoms with Crippen molar-refractivity contribution in [3.8, 4) is 0 Å². The zero-order chi connectivity index (χ0) is 11.7. The molecular weight excluding hydrogens is 284 g/mol. The first-order valence-corrected chi connectivity index (χ1v) is 8.56. The lowest BCUT2D eigenvalue weighted by molar-refractivity contribution is -0.416. The molecule has 15 heavy (non-hydrogen) atoms. The number of rotatable bonds is 4. The van der Waals surface area contributed by atoms with Crippen molar-refractivity contribution in [3.63, 3.8) is 0 Å². The van der Waals surface area contributed by atoms with E-state index < -0.39 is 20.6 Å². The number of thiazole rings is 1. The molecule has 0 amide bonds. The Balaban J connectivity index is 2.84.